The highest BCUT2D eigenvalue weighted by atomic mass is 16.2. The van der Waals surface area contributed by atoms with Crippen LogP contribution in [0.3, 0.4) is 0 Å². The predicted octanol–water partition coefficient (Wildman–Crippen LogP) is 1.67. The summed E-state index contributed by atoms with van der Waals surface area (Å²) in [6.07, 6.45) is 3.77. The molecule has 1 saturated carbocycles. The molecule has 5 nitrogen and oxygen atoms in total. The molecular weight excluding hydrogens is 278 g/mol. The zero-order chi connectivity index (χ0) is 15.7. The van der Waals surface area contributed by atoms with Crippen LogP contribution in [0.5, 0.6) is 0 Å². The fourth-order valence-electron chi connectivity index (χ4n) is 3.09. The molecule has 118 valence electrons. The molecule has 0 aromatic heterocycles. The second kappa shape index (κ2) is 5.72. The van der Waals surface area contributed by atoms with Gasteiger partial charge in [0, 0.05) is 30.8 Å². The van der Waals surface area contributed by atoms with Crippen molar-refractivity contribution >= 4 is 17.5 Å². The molecule has 5 heteroatoms. The van der Waals surface area contributed by atoms with Gasteiger partial charge in [0.05, 0.1) is 5.54 Å². The first-order valence-electron chi connectivity index (χ1n) is 7.96. The van der Waals surface area contributed by atoms with E-state index in [2.05, 4.69) is 5.32 Å². The molecule has 1 atom stereocenters. The van der Waals surface area contributed by atoms with Crippen molar-refractivity contribution in [3.8, 4) is 0 Å². The summed E-state index contributed by atoms with van der Waals surface area (Å²) in [4.78, 5) is 25.9. The largest absolute Gasteiger partial charge is 0.345 e. The summed E-state index contributed by atoms with van der Waals surface area (Å²) >= 11 is 0. The van der Waals surface area contributed by atoms with Crippen LogP contribution in [0.15, 0.2) is 24.3 Å². The van der Waals surface area contributed by atoms with Gasteiger partial charge in [-0.05, 0) is 56.4 Å². The lowest BCUT2D eigenvalue weighted by Crippen LogP contribution is -2.53. The molecule has 1 aromatic rings. The van der Waals surface area contributed by atoms with Gasteiger partial charge in [-0.3, -0.25) is 9.59 Å². The number of hydrogen-bond donors (Lipinski definition) is 2. The molecule has 0 spiro atoms. The lowest BCUT2D eigenvalue weighted by Gasteiger charge is -2.29. The molecule has 3 N–H and O–H groups in total. The van der Waals surface area contributed by atoms with Gasteiger partial charge in [-0.1, -0.05) is 0 Å². The van der Waals surface area contributed by atoms with Crippen LogP contribution in [0.25, 0.3) is 0 Å². The quantitative estimate of drug-likeness (QED) is 0.868. The average molecular weight is 301 g/mol. The number of anilines is 1. The second-order valence-corrected chi connectivity index (χ2v) is 6.55. The van der Waals surface area contributed by atoms with Crippen LogP contribution in [0.4, 0.5) is 5.69 Å². The molecule has 1 saturated heterocycles. The van der Waals surface area contributed by atoms with Crippen LogP contribution in [0.2, 0.25) is 0 Å². The molecule has 1 aromatic carbocycles. The minimum absolute atomic E-state index is 0.0980. The lowest BCUT2D eigenvalue weighted by atomic mass is 9.95. The summed E-state index contributed by atoms with van der Waals surface area (Å²) in [5.74, 6) is 0.545. The average Bonchev–Trinajstić information content (AvgIpc) is 3.30. The Morgan fingerprint density at radius 3 is 2.55 bits per heavy atom. The molecule has 2 aliphatic rings. The van der Waals surface area contributed by atoms with Crippen molar-refractivity contribution in [1.29, 1.82) is 0 Å². The van der Waals surface area contributed by atoms with Crippen LogP contribution in [-0.2, 0) is 4.79 Å². The van der Waals surface area contributed by atoms with Crippen molar-refractivity contribution in [2.75, 3.05) is 18.0 Å². The first-order valence-corrected chi connectivity index (χ1v) is 7.96. The first kappa shape index (κ1) is 15.0. The van der Waals surface area contributed by atoms with Crippen molar-refractivity contribution in [1.82, 2.24) is 5.32 Å². The Morgan fingerprint density at radius 2 is 2.05 bits per heavy atom. The normalized spacial score (nSPS) is 20.8. The van der Waals surface area contributed by atoms with Crippen LogP contribution in [0, 0.1) is 5.92 Å². The maximum absolute atomic E-state index is 12.4. The molecule has 1 heterocycles. The van der Waals surface area contributed by atoms with Crippen LogP contribution in [-0.4, -0.2) is 30.4 Å². The van der Waals surface area contributed by atoms with Gasteiger partial charge >= 0.3 is 0 Å². The summed E-state index contributed by atoms with van der Waals surface area (Å²) in [6, 6.07) is 7.24. The number of amides is 2. The maximum atomic E-state index is 12.4. The number of nitrogens with zero attached hydrogens (tertiary/aromatic N) is 1. The van der Waals surface area contributed by atoms with Crippen molar-refractivity contribution in [2.45, 2.75) is 38.1 Å². The number of nitrogens with two attached hydrogens (primary N) is 1. The van der Waals surface area contributed by atoms with Crippen molar-refractivity contribution in [2.24, 2.45) is 11.7 Å². The number of nitrogens with one attached hydrogen (secondary N) is 1. The number of benzene rings is 1. The summed E-state index contributed by atoms with van der Waals surface area (Å²) < 4.78 is 0. The Hall–Kier alpha value is -1.88. The first-order chi connectivity index (χ1) is 10.5. The van der Waals surface area contributed by atoms with E-state index in [-0.39, 0.29) is 17.4 Å². The van der Waals surface area contributed by atoms with Gasteiger partial charge in [-0.15, -0.1) is 0 Å². The maximum Gasteiger partial charge on any atom is 0.251 e. The second-order valence-electron chi connectivity index (χ2n) is 6.55. The molecule has 2 amide bonds. The molecule has 22 heavy (non-hydrogen) atoms. The van der Waals surface area contributed by atoms with E-state index in [1.54, 1.807) is 17.0 Å². The van der Waals surface area contributed by atoms with E-state index in [9.17, 15) is 9.59 Å². The van der Waals surface area contributed by atoms with Crippen LogP contribution in [0.1, 0.15) is 43.0 Å². The van der Waals surface area contributed by atoms with Gasteiger partial charge in [0.2, 0.25) is 5.91 Å². The highest BCUT2D eigenvalue weighted by Gasteiger charge is 2.41. The topological polar surface area (TPSA) is 75.4 Å². The fraction of sp³-hybridized carbons (Fsp3) is 0.529. The predicted molar refractivity (Wildman–Crippen MR) is 85.7 cm³/mol. The standard InChI is InChI=1S/C17H23N3O2/c1-17(11-18,13-6-7-13)19-16(22)12-4-8-14(9-5-12)20-10-2-3-15(20)21/h4-5,8-9,13H,2-3,6-7,10-11,18H2,1H3,(H,19,22). The molecule has 2 fully saturated rings. The van der Waals surface area contributed by atoms with Crippen molar-refractivity contribution < 1.29 is 9.59 Å². The number of carbonyl (C=O) groups excluding carboxylic acids is 2. The Kier molecular flexibility index (Phi) is 3.91. The molecule has 1 aliphatic carbocycles. The summed E-state index contributed by atoms with van der Waals surface area (Å²) in [5.41, 5.74) is 6.99. The number of carbonyl (C=O) groups is 2. The van der Waals surface area contributed by atoms with E-state index < -0.39 is 0 Å². The van der Waals surface area contributed by atoms with Gasteiger partial charge < -0.3 is 16.0 Å². The Morgan fingerprint density at radius 1 is 1.36 bits per heavy atom. The smallest absolute Gasteiger partial charge is 0.251 e. The minimum Gasteiger partial charge on any atom is -0.345 e. The third-order valence-electron chi connectivity index (χ3n) is 4.82. The third-order valence-corrected chi connectivity index (χ3v) is 4.82. The highest BCUT2D eigenvalue weighted by Crippen LogP contribution is 2.39. The molecular formula is C17H23N3O2. The molecule has 0 radical (unpaired) electrons. The van der Waals surface area contributed by atoms with Gasteiger partial charge in [-0.25, -0.2) is 0 Å². The van der Waals surface area contributed by atoms with E-state index >= 15 is 0 Å². The van der Waals surface area contributed by atoms with Gasteiger partial charge in [0.15, 0.2) is 0 Å². The fourth-order valence-corrected chi connectivity index (χ4v) is 3.09. The van der Waals surface area contributed by atoms with Crippen LogP contribution >= 0.6 is 0 Å². The molecule has 3 rings (SSSR count). The Labute approximate surface area is 130 Å². The van der Waals surface area contributed by atoms with E-state index in [0.29, 0.717) is 24.4 Å². The van der Waals surface area contributed by atoms with Crippen LogP contribution < -0.4 is 16.0 Å². The number of rotatable bonds is 5. The van der Waals surface area contributed by atoms with E-state index in [1.165, 1.54) is 0 Å². The summed E-state index contributed by atoms with van der Waals surface area (Å²) in [5, 5.41) is 3.07. The van der Waals surface area contributed by atoms with E-state index in [0.717, 1.165) is 31.5 Å². The SMILES string of the molecule is CC(CN)(NC(=O)c1ccc(N2CCCC2=O)cc1)C1CC1. The molecule has 1 unspecified atom stereocenters. The Balaban J connectivity index is 1.69. The van der Waals surface area contributed by atoms with E-state index in [1.807, 2.05) is 19.1 Å². The van der Waals surface area contributed by atoms with Crippen molar-refractivity contribution in [3.05, 3.63) is 29.8 Å². The Bertz CT molecular complexity index is 580. The molecule has 0 bridgehead atoms. The highest BCUT2D eigenvalue weighted by molar-refractivity contribution is 5.97. The van der Waals surface area contributed by atoms with E-state index in [4.69, 9.17) is 5.73 Å². The van der Waals surface area contributed by atoms with Gasteiger partial charge in [0.1, 0.15) is 0 Å². The van der Waals surface area contributed by atoms with Crippen molar-refractivity contribution in [3.63, 3.8) is 0 Å². The summed E-state index contributed by atoms with van der Waals surface area (Å²) in [6.45, 7) is 3.22. The van der Waals surface area contributed by atoms with Gasteiger partial charge in [-0.2, -0.15) is 0 Å². The minimum atomic E-state index is -0.319. The van der Waals surface area contributed by atoms with Gasteiger partial charge in [0.25, 0.3) is 5.91 Å². The monoisotopic (exact) mass is 301 g/mol. The lowest BCUT2D eigenvalue weighted by molar-refractivity contribution is -0.117. The summed E-state index contributed by atoms with van der Waals surface area (Å²) in [7, 11) is 0. The number of hydrogen-bond acceptors (Lipinski definition) is 3. The molecule has 1 aliphatic heterocycles. The third kappa shape index (κ3) is 2.86. The zero-order valence-electron chi connectivity index (χ0n) is 13.0. The zero-order valence-corrected chi connectivity index (χ0v) is 13.0.